The van der Waals surface area contributed by atoms with Crippen molar-refractivity contribution in [2.24, 2.45) is 4.99 Å². The molecule has 0 aliphatic carbocycles. The number of carboxylic acid groups (broad SMARTS) is 1. The van der Waals surface area contributed by atoms with Gasteiger partial charge in [0.15, 0.2) is 5.17 Å². The van der Waals surface area contributed by atoms with Crippen LogP contribution in [0.15, 0.2) is 52.4 Å². The molecule has 1 heterocycles. The zero-order chi connectivity index (χ0) is 18.7. The third-order valence-corrected chi connectivity index (χ3v) is 4.69. The fourth-order valence-electron chi connectivity index (χ4n) is 2.37. The van der Waals surface area contributed by atoms with Gasteiger partial charge >= 0.3 is 5.97 Å². The predicted molar refractivity (Wildman–Crippen MR) is 102 cm³/mol. The van der Waals surface area contributed by atoms with Crippen molar-refractivity contribution in [3.05, 3.63) is 64.1 Å². The molecule has 1 aliphatic heterocycles. The summed E-state index contributed by atoms with van der Waals surface area (Å²) >= 11 is 1.19. The first kappa shape index (κ1) is 17.8. The van der Waals surface area contributed by atoms with Crippen molar-refractivity contribution in [3.63, 3.8) is 0 Å². The zero-order valence-electron chi connectivity index (χ0n) is 13.9. The molecule has 1 amide bonds. The van der Waals surface area contributed by atoms with Gasteiger partial charge < -0.3 is 15.5 Å². The predicted octanol–water partition coefficient (Wildman–Crippen LogP) is 3.54. The summed E-state index contributed by atoms with van der Waals surface area (Å²) in [5, 5.41) is 21.7. The molecule has 0 radical (unpaired) electrons. The molecule has 0 aromatic heterocycles. The van der Waals surface area contributed by atoms with Gasteiger partial charge in [-0.15, -0.1) is 0 Å². The molecule has 1 aliphatic rings. The zero-order valence-corrected chi connectivity index (χ0v) is 14.7. The molecule has 3 N–H and O–H groups in total. The van der Waals surface area contributed by atoms with Crippen molar-refractivity contribution >= 4 is 40.6 Å². The lowest BCUT2D eigenvalue weighted by atomic mass is 10.1. The van der Waals surface area contributed by atoms with Crippen LogP contribution < -0.4 is 5.32 Å². The summed E-state index contributed by atoms with van der Waals surface area (Å²) in [4.78, 5) is 27.8. The molecule has 1 saturated heterocycles. The van der Waals surface area contributed by atoms with Gasteiger partial charge in [0.25, 0.3) is 5.91 Å². The quantitative estimate of drug-likeness (QED) is 0.717. The number of hydrogen-bond acceptors (Lipinski definition) is 5. The molecule has 0 atom stereocenters. The van der Waals surface area contributed by atoms with E-state index in [1.807, 2.05) is 24.3 Å². The average molecular weight is 368 g/mol. The van der Waals surface area contributed by atoms with Gasteiger partial charge in [0.2, 0.25) is 0 Å². The standard InChI is InChI=1S/C19H16N2O4S/c1-2-11-3-5-12(6-4-11)9-16-17(23)21-19(26-16)20-13-7-8-14(18(24)25)15(22)10-13/h3-10,22H,2H2,1H3,(H,24,25)(H,20,21,23)/b16-9-. The van der Waals surface area contributed by atoms with Gasteiger partial charge in [0, 0.05) is 6.07 Å². The second-order valence-corrected chi connectivity index (χ2v) is 6.61. The van der Waals surface area contributed by atoms with E-state index < -0.39 is 5.97 Å². The molecule has 6 nitrogen and oxygen atoms in total. The number of aliphatic imine (C=N–C) groups is 1. The first-order valence-electron chi connectivity index (χ1n) is 7.91. The molecule has 2 aromatic carbocycles. The van der Waals surface area contributed by atoms with Gasteiger partial charge in [-0.05, 0) is 47.5 Å². The Bertz CT molecular complexity index is 933. The highest BCUT2D eigenvalue weighted by molar-refractivity contribution is 8.18. The second kappa shape index (κ2) is 7.45. The van der Waals surface area contributed by atoms with E-state index in [2.05, 4.69) is 17.2 Å². The molecular weight excluding hydrogens is 352 g/mol. The number of hydrogen-bond donors (Lipinski definition) is 3. The van der Waals surface area contributed by atoms with Crippen molar-refractivity contribution in [1.82, 2.24) is 5.32 Å². The van der Waals surface area contributed by atoms with E-state index >= 15 is 0 Å². The minimum Gasteiger partial charge on any atom is -0.507 e. The number of aromatic carboxylic acids is 1. The van der Waals surface area contributed by atoms with Crippen molar-refractivity contribution in [2.75, 3.05) is 0 Å². The first-order valence-corrected chi connectivity index (χ1v) is 8.72. The highest BCUT2D eigenvalue weighted by Gasteiger charge is 2.24. The number of carbonyl (C=O) groups excluding carboxylic acids is 1. The summed E-state index contributed by atoms with van der Waals surface area (Å²) in [7, 11) is 0. The van der Waals surface area contributed by atoms with E-state index in [0.717, 1.165) is 12.0 Å². The lowest BCUT2D eigenvalue weighted by molar-refractivity contribution is -0.115. The third-order valence-electron chi connectivity index (χ3n) is 3.78. The Morgan fingerprint density at radius 2 is 1.96 bits per heavy atom. The van der Waals surface area contributed by atoms with E-state index in [1.54, 1.807) is 6.08 Å². The van der Waals surface area contributed by atoms with Crippen LogP contribution in [0.4, 0.5) is 5.69 Å². The highest BCUT2D eigenvalue weighted by atomic mass is 32.2. The number of rotatable bonds is 4. The Kier molecular flexibility index (Phi) is 5.09. The van der Waals surface area contributed by atoms with Gasteiger partial charge in [-0.2, -0.15) is 0 Å². The molecule has 2 aromatic rings. The summed E-state index contributed by atoms with van der Waals surface area (Å²) in [5.74, 6) is -1.84. The Labute approximate surface area is 154 Å². The number of aromatic hydroxyl groups is 1. The SMILES string of the molecule is CCc1ccc(/C=C2\SC(=Nc3ccc(C(=O)O)c(O)c3)NC2=O)cc1. The monoisotopic (exact) mass is 368 g/mol. The van der Waals surface area contributed by atoms with Crippen molar-refractivity contribution < 1.29 is 19.8 Å². The number of carboxylic acids is 1. The van der Waals surface area contributed by atoms with Crippen molar-refractivity contribution in [3.8, 4) is 5.75 Å². The van der Waals surface area contributed by atoms with E-state index in [0.29, 0.717) is 15.8 Å². The Balaban J connectivity index is 1.80. The number of carbonyl (C=O) groups is 2. The number of nitrogens with zero attached hydrogens (tertiary/aromatic N) is 1. The molecule has 132 valence electrons. The van der Waals surface area contributed by atoms with Gasteiger partial charge in [0.05, 0.1) is 10.6 Å². The van der Waals surface area contributed by atoms with Crippen LogP contribution in [-0.4, -0.2) is 27.3 Å². The molecule has 3 rings (SSSR count). The molecule has 1 fully saturated rings. The van der Waals surface area contributed by atoms with Crippen molar-refractivity contribution in [1.29, 1.82) is 0 Å². The van der Waals surface area contributed by atoms with Crippen LogP contribution in [0.2, 0.25) is 0 Å². The van der Waals surface area contributed by atoms with Crippen LogP contribution in [0.3, 0.4) is 0 Å². The van der Waals surface area contributed by atoms with Crippen LogP contribution in [0.5, 0.6) is 5.75 Å². The largest absolute Gasteiger partial charge is 0.507 e. The summed E-state index contributed by atoms with van der Waals surface area (Å²) in [6.07, 6.45) is 2.74. The lowest BCUT2D eigenvalue weighted by Crippen LogP contribution is -2.19. The molecule has 7 heteroatoms. The van der Waals surface area contributed by atoms with Crippen LogP contribution in [-0.2, 0) is 11.2 Å². The number of benzene rings is 2. The summed E-state index contributed by atoms with van der Waals surface area (Å²) < 4.78 is 0. The van der Waals surface area contributed by atoms with Crippen molar-refractivity contribution in [2.45, 2.75) is 13.3 Å². The van der Waals surface area contributed by atoms with E-state index in [1.165, 1.54) is 35.5 Å². The second-order valence-electron chi connectivity index (χ2n) is 5.58. The van der Waals surface area contributed by atoms with Crippen LogP contribution in [0.25, 0.3) is 6.08 Å². The molecule has 0 bridgehead atoms. The lowest BCUT2D eigenvalue weighted by Gasteiger charge is -2.01. The maximum absolute atomic E-state index is 12.1. The first-order chi connectivity index (χ1) is 12.5. The van der Waals surface area contributed by atoms with Gasteiger partial charge in [-0.25, -0.2) is 9.79 Å². The van der Waals surface area contributed by atoms with Gasteiger partial charge in [-0.3, -0.25) is 4.79 Å². The van der Waals surface area contributed by atoms with E-state index in [9.17, 15) is 14.7 Å². The average Bonchev–Trinajstić information content (AvgIpc) is 2.94. The maximum atomic E-state index is 12.1. The molecule has 26 heavy (non-hydrogen) atoms. The minimum absolute atomic E-state index is 0.201. The fraction of sp³-hybridized carbons (Fsp3) is 0.105. The number of phenols is 1. The Morgan fingerprint density at radius 1 is 1.23 bits per heavy atom. The number of nitrogens with one attached hydrogen (secondary N) is 1. The molecule has 0 saturated carbocycles. The minimum atomic E-state index is -1.22. The topological polar surface area (TPSA) is 99.0 Å². The number of amides is 1. The maximum Gasteiger partial charge on any atom is 0.339 e. The van der Waals surface area contributed by atoms with E-state index in [-0.39, 0.29) is 17.2 Å². The molecule has 0 unspecified atom stereocenters. The fourth-order valence-corrected chi connectivity index (χ4v) is 3.21. The van der Waals surface area contributed by atoms with Gasteiger partial charge in [-0.1, -0.05) is 31.2 Å². The Hall–Kier alpha value is -3.06. The van der Waals surface area contributed by atoms with Crippen LogP contribution >= 0.6 is 11.8 Å². The molecular formula is C19H16N2O4S. The van der Waals surface area contributed by atoms with Crippen LogP contribution in [0, 0.1) is 0 Å². The van der Waals surface area contributed by atoms with Gasteiger partial charge in [0.1, 0.15) is 11.3 Å². The number of aryl methyl sites for hydroxylation is 1. The summed E-state index contributed by atoms with van der Waals surface area (Å²) in [6.45, 7) is 2.08. The van der Waals surface area contributed by atoms with E-state index in [4.69, 9.17) is 5.11 Å². The number of thioether (sulfide) groups is 1. The summed E-state index contributed by atoms with van der Waals surface area (Å²) in [5.41, 5.74) is 2.30. The smallest absolute Gasteiger partial charge is 0.339 e. The summed E-state index contributed by atoms with van der Waals surface area (Å²) in [6, 6.07) is 11.9. The Morgan fingerprint density at radius 3 is 2.58 bits per heavy atom. The molecule has 0 spiro atoms. The van der Waals surface area contributed by atoms with Crippen LogP contribution in [0.1, 0.15) is 28.4 Å². The highest BCUT2D eigenvalue weighted by Crippen LogP contribution is 2.30. The number of amidine groups is 1. The third kappa shape index (κ3) is 3.94. The normalized spacial score (nSPS) is 16.9.